The number of rotatable bonds is 9. The van der Waals surface area contributed by atoms with Crippen LogP contribution in [0.15, 0.2) is 36.7 Å². The van der Waals surface area contributed by atoms with Crippen molar-refractivity contribution in [1.82, 2.24) is 15.4 Å². The lowest BCUT2D eigenvalue weighted by atomic mass is 10.1. The molecule has 0 fully saturated rings. The van der Waals surface area contributed by atoms with Crippen molar-refractivity contribution < 1.29 is 4.79 Å². The summed E-state index contributed by atoms with van der Waals surface area (Å²) >= 11 is 0. The first-order valence-electron chi connectivity index (χ1n) is 8.33. The SMILES string of the molecule is N#CCCN(CCC#N)c1ncnc(NNC(=O)Cc2ccccc2)c1N. The third-order valence-electron chi connectivity index (χ3n) is 3.68. The molecule has 0 saturated heterocycles. The number of nitrogens with one attached hydrogen (secondary N) is 2. The van der Waals surface area contributed by atoms with E-state index < -0.39 is 0 Å². The molecule has 1 aromatic heterocycles. The molecule has 138 valence electrons. The van der Waals surface area contributed by atoms with Crippen LogP contribution in [0.3, 0.4) is 0 Å². The van der Waals surface area contributed by atoms with Gasteiger partial charge in [-0.1, -0.05) is 30.3 Å². The number of hydrogen-bond acceptors (Lipinski definition) is 8. The highest BCUT2D eigenvalue weighted by molar-refractivity contribution is 5.82. The van der Waals surface area contributed by atoms with E-state index in [2.05, 4.69) is 33.0 Å². The van der Waals surface area contributed by atoms with Gasteiger partial charge in [0.15, 0.2) is 11.6 Å². The number of benzene rings is 1. The topological polar surface area (TPSA) is 144 Å². The highest BCUT2D eigenvalue weighted by atomic mass is 16.2. The fourth-order valence-corrected chi connectivity index (χ4v) is 2.39. The van der Waals surface area contributed by atoms with Crippen molar-refractivity contribution >= 4 is 23.2 Å². The molecule has 0 radical (unpaired) electrons. The van der Waals surface area contributed by atoms with Crippen LogP contribution in [0.4, 0.5) is 17.3 Å². The average Bonchev–Trinajstić information content (AvgIpc) is 2.68. The van der Waals surface area contributed by atoms with Crippen LogP contribution in [0.5, 0.6) is 0 Å². The van der Waals surface area contributed by atoms with E-state index >= 15 is 0 Å². The number of carbonyl (C=O) groups excluding carboxylic acids is 1. The smallest absolute Gasteiger partial charge is 0.242 e. The van der Waals surface area contributed by atoms with Crippen LogP contribution in [0.25, 0.3) is 0 Å². The number of nitrogens with two attached hydrogens (primary N) is 1. The fourth-order valence-electron chi connectivity index (χ4n) is 2.39. The van der Waals surface area contributed by atoms with Gasteiger partial charge >= 0.3 is 0 Å². The maximum absolute atomic E-state index is 12.1. The molecule has 0 saturated carbocycles. The number of nitriles is 2. The summed E-state index contributed by atoms with van der Waals surface area (Å²) in [5, 5.41) is 17.6. The van der Waals surface area contributed by atoms with Crippen LogP contribution < -0.4 is 21.5 Å². The zero-order valence-electron chi connectivity index (χ0n) is 14.7. The molecule has 9 heteroatoms. The molecule has 27 heavy (non-hydrogen) atoms. The van der Waals surface area contributed by atoms with Gasteiger partial charge in [0.05, 0.1) is 31.4 Å². The predicted octanol–water partition coefficient (Wildman–Crippen LogP) is 1.38. The molecule has 1 heterocycles. The van der Waals surface area contributed by atoms with Crippen molar-refractivity contribution in [3.05, 3.63) is 42.2 Å². The third-order valence-corrected chi connectivity index (χ3v) is 3.68. The lowest BCUT2D eigenvalue weighted by Crippen LogP contribution is -2.32. The molecule has 0 aliphatic heterocycles. The van der Waals surface area contributed by atoms with Crippen molar-refractivity contribution in [2.45, 2.75) is 19.3 Å². The van der Waals surface area contributed by atoms with Crippen molar-refractivity contribution in [2.24, 2.45) is 0 Å². The number of amides is 1. The Morgan fingerprint density at radius 1 is 1.11 bits per heavy atom. The summed E-state index contributed by atoms with van der Waals surface area (Å²) in [7, 11) is 0. The van der Waals surface area contributed by atoms with Gasteiger partial charge in [0.25, 0.3) is 0 Å². The monoisotopic (exact) mass is 364 g/mol. The van der Waals surface area contributed by atoms with E-state index in [1.54, 1.807) is 4.90 Å². The second-order valence-corrected chi connectivity index (χ2v) is 5.60. The Kier molecular flexibility index (Phi) is 7.37. The molecule has 0 spiro atoms. The molecular weight excluding hydrogens is 344 g/mol. The van der Waals surface area contributed by atoms with Crippen molar-refractivity contribution in [2.75, 3.05) is 29.1 Å². The minimum Gasteiger partial charge on any atom is -0.393 e. The van der Waals surface area contributed by atoms with Crippen LogP contribution in [-0.2, 0) is 11.2 Å². The standard InChI is InChI=1S/C18H20N8O/c19-8-4-10-26(11-5-9-20)18-16(21)17(22-13-23-18)25-24-15(27)12-14-6-2-1-3-7-14/h1-3,6-7,13H,4-5,10-12,21H2,(H,24,27)(H,22,23,25). The van der Waals surface area contributed by atoms with E-state index in [9.17, 15) is 4.79 Å². The van der Waals surface area contributed by atoms with Crippen molar-refractivity contribution in [3.63, 3.8) is 0 Å². The van der Waals surface area contributed by atoms with E-state index in [-0.39, 0.29) is 36.7 Å². The van der Waals surface area contributed by atoms with Crippen LogP contribution in [0, 0.1) is 22.7 Å². The van der Waals surface area contributed by atoms with Gasteiger partial charge in [0.1, 0.15) is 12.0 Å². The van der Waals surface area contributed by atoms with Gasteiger partial charge in [-0.05, 0) is 5.56 Å². The van der Waals surface area contributed by atoms with Gasteiger partial charge in [-0.3, -0.25) is 15.6 Å². The molecule has 0 bridgehead atoms. The van der Waals surface area contributed by atoms with Gasteiger partial charge in [0, 0.05) is 13.1 Å². The molecule has 0 atom stereocenters. The molecule has 1 aromatic carbocycles. The lowest BCUT2D eigenvalue weighted by molar-refractivity contribution is -0.119. The predicted molar refractivity (Wildman–Crippen MR) is 101 cm³/mol. The lowest BCUT2D eigenvalue weighted by Gasteiger charge is -2.23. The van der Waals surface area contributed by atoms with Crippen LogP contribution in [-0.4, -0.2) is 29.0 Å². The van der Waals surface area contributed by atoms with E-state index in [4.69, 9.17) is 16.3 Å². The largest absolute Gasteiger partial charge is 0.393 e. The zero-order chi connectivity index (χ0) is 19.5. The Labute approximate surface area is 157 Å². The zero-order valence-corrected chi connectivity index (χ0v) is 14.7. The van der Waals surface area contributed by atoms with Gasteiger partial charge < -0.3 is 10.6 Å². The Morgan fingerprint density at radius 2 is 1.78 bits per heavy atom. The van der Waals surface area contributed by atoms with Crippen molar-refractivity contribution in [3.8, 4) is 12.1 Å². The Bertz CT molecular complexity index is 823. The normalized spacial score (nSPS) is 9.70. The minimum absolute atomic E-state index is 0.210. The molecule has 9 nitrogen and oxygen atoms in total. The molecule has 0 unspecified atom stereocenters. The van der Waals surface area contributed by atoms with Crippen LogP contribution in [0.2, 0.25) is 0 Å². The van der Waals surface area contributed by atoms with Gasteiger partial charge in [0.2, 0.25) is 5.91 Å². The number of nitrogen functional groups attached to an aromatic ring is 1. The maximum atomic E-state index is 12.1. The number of anilines is 3. The fraction of sp³-hybridized carbons (Fsp3) is 0.278. The summed E-state index contributed by atoms with van der Waals surface area (Å²) in [6.45, 7) is 0.776. The van der Waals surface area contributed by atoms with Gasteiger partial charge in [-0.15, -0.1) is 0 Å². The van der Waals surface area contributed by atoms with E-state index in [0.717, 1.165) is 5.56 Å². The first-order chi connectivity index (χ1) is 13.2. The maximum Gasteiger partial charge on any atom is 0.242 e. The summed E-state index contributed by atoms with van der Waals surface area (Å²) in [6, 6.07) is 13.4. The Balaban J connectivity index is 2.05. The molecule has 0 aliphatic rings. The second-order valence-electron chi connectivity index (χ2n) is 5.60. The average molecular weight is 364 g/mol. The molecule has 1 amide bonds. The number of nitrogens with zero attached hydrogens (tertiary/aromatic N) is 5. The quantitative estimate of drug-likeness (QED) is 0.566. The summed E-state index contributed by atoms with van der Waals surface area (Å²) in [5.41, 5.74) is 12.5. The highest BCUT2D eigenvalue weighted by Gasteiger charge is 2.15. The summed E-state index contributed by atoms with van der Waals surface area (Å²) in [5.74, 6) is 0.419. The number of hydrazine groups is 1. The number of carbonyl (C=O) groups is 1. The minimum atomic E-state index is -0.244. The Hall–Kier alpha value is -3.85. The van der Waals surface area contributed by atoms with Crippen LogP contribution in [0.1, 0.15) is 18.4 Å². The summed E-state index contributed by atoms with van der Waals surface area (Å²) in [6.07, 6.45) is 2.06. The molecule has 0 aliphatic carbocycles. The van der Waals surface area contributed by atoms with Gasteiger partial charge in [-0.2, -0.15) is 10.5 Å². The number of aromatic nitrogens is 2. The summed E-state index contributed by atoms with van der Waals surface area (Å²) in [4.78, 5) is 22.0. The van der Waals surface area contributed by atoms with Crippen molar-refractivity contribution in [1.29, 1.82) is 10.5 Å². The van der Waals surface area contributed by atoms with E-state index in [1.807, 2.05) is 30.3 Å². The van der Waals surface area contributed by atoms with Crippen LogP contribution >= 0.6 is 0 Å². The summed E-state index contributed by atoms with van der Waals surface area (Å²) < 4.78 is 0. The molecular formula is C18H20N8O. The second kappa shape index (κ2) is 10.2. The third kappa shape index (κ3) is 5.87. The van der Waals surface area contributed by atoms with Gasteiger partial charge in [-0.25, -0.2) is 9.97 Å². The Morgan fingerprint density at radius 3 is 2.41 bits per heavy atom. The number of hydrogen-bond donors (Lipinski definition) is 3. The molecule has 4 N–H and O–H groups in total. The van der Waals surface area contributed by atoms with E-state index in [1.165, 1.54) is 6.33 Å². The highest BCUT2D eigenvalue weighted by Crippen LogP contribution is 2.25. The first kappa shape index (κ1) is 19.5. The van der Waals surface area contributed by atoms with E-state index in [0.29, 0.717) is 18.9 Å². The molecule has 2 rings (SSSR count). The molecule has 2 aromatic rings. The first-order valence-corrected chi connectivity index (χ1v) is 8.33.